The number of hydrogen-bond donors (Lipinski definition) is 1. The van der Waals surface area contributed by atoms with Crippen LogP contribution in [0, 0.1) is 23.2 Å². The smallest absolute Gasteiger partial charge is 0.192 e. The number of H-pyrrole nitrogens is 1. The average Bonchev–Trinajstić information content (AvgIpc) is 2.76. The van der Waals surface area contributed by atoms with Gasteiger partial charge in [-0.1, -0.05) is 26.0 Å². The maximum Gasteiger partial charge on any atom is 0.234 e. The maximum atomic E-state index is 11.0. The summed E-state index contributed by atoms with van der Waals surface area (Å²) in [5.41, 5.74) is 3.87. The molecule has 20 heavy (non-hydrogen) atoms. The van der Waals surface area contributed by atoms with Crippen molar-refractivity contribution >= 4 is 5.69 Å². The van der Waals surface area contributed by atoms with E-state index in [4.69, 9.17) is 5.26 Å². The highest BCUT2D eigenvalue weighted by atomic mass is 16.3. The third kappa shape index (κ3) is 2.59. The zero-order chi connectivity index (χ0) is 14.7. The SMILES string of the molecule is Cc1c(N=O)c(C(C)C)[nH][n+]1Cc1ccc(C#N)cc1. The first kappa shape index (κ1) is 13.9. The van der Waals surface area contributed by atoms with Gasteiger partial charge in [0.05, 0.1) is 11.6 Å². The molecule has 0 atom stereocenters. The monoisotopic (exact) mass is 269 g/mol. The number of nitrogens with one attached hydrogen (secondary N) is 1. The van der Waals surface area contributed by atoms with Gasteiger partial charge in [-0.05, 0) is 17.3 Å². The van der Waals surface area contributed by atoms with E-state index in [2.05, 4.69) is 16.3 Å². The Labute approximate surface area is 117 Å². The molecule has 0 radical (unpaired) electrons. The van der Waals surface area contributed by atoms with Crippen molar-refractivity contribution in [3.63, 3.8) is 0 Å². The molecule has 0 amide bonds. The molecule has 0 bridgehead atoms. The van der Waals surface area contributed by atoms with Gasteiger partial charge in [-0.25, -0.2) is 0 Å². The van der Waals surface area contributed by atoms with Crippen molar-refractivity contribution in [1.29, 1.82) is 5.26 Å². The van der Waals surface area contributed by atoms with Crippen molar-refractivity contribution < 1.29 is 4.68 Å². The molecule has 0 aliphatic rings. The van der Waals surface area contributed by atoms with E-state index in [0.717, 1.165) is 17.0 Å². The molecular weight excluding hydrogens is 252 g/mol. The second kappa shape index (κ2) is 5.66. The van der Waals surface area contributed by atoms with Gasteiger partial charge in [0, 0.05) is 18.4 Å². The minimum Gasteiger partial charge on any atom is -0.192 e. The Morgan fingerprint density at radius 2 is 2.00 bits per heavy atom. The number of benzene rings is 1. The van der Waals surface area contributed by atoms with Crippen LogP contribution >= 0.6 is 0 Å². The zero-order valence-electron chi connectivity index (χ0n) is 11.8. The number of hydrogen-bond acceptors (Lipinski definition) is 3. The van der Waals surface area contributed by atoms with Crippen molar-refractivity contribution in [2.45, 2.75) is 33.2 Å². The summed E-state index contributed by atoms with van der Waals surface area (Å²) in [6.07, 6.45) is 0. The lowest BCUT2D eigenvalue weighted by Gasteiger charge is -1.98. The van der Waals surface area contributed by atoms with E-state index in [9.17, 15) is 4.91 Å². The molecule has 0 spiro atoms. The van der Waals surface area contributed by atoms with Crippen LogP contribution in [0.4, 0.5) is 5.69 Å². The predicted molar refractivity (Wildman–Crippen MR) is 75.5 cm³/mol. The highest BCUT2D eigenvalue weighted by Crippen LogP contribution is 2.26. The molecular formula is C15H17N4O+. The molecule has 2 aromatic rings. The predicted octanol–water partition coefficient (Wildman–Crippen LogP) is 3.05. The lowest BCUT2D eigenvalue weighted by Crippen LogP contribution is -2.39. The summed E-state index contributed by atoms with van der Waals surface area (Å²) in [5.74, 6) is 0.212. The number of aromatic amines is 1. The first-order valence-electron chi connectivity index (χ1n) is 6.51. The van der Waals surface area contributed by atoms with Gasteiger partial charge in [0.15, 0.2) is 6.54 Å². The zero-order valence-corrected chi connectivity index (χ0v) is 11.8. The summed E-state index contributed by atoms with van der Waals surface area (Å²) < 4.78 is 1.91. The van der Waals surface area contributed by atoms with Gasteiger partial charge in [-0.2, -0.15) is 10.4 Å². The molecule has 5 nitrogen and oxygen atoms in total. The fourth-order valence-corrected chi connectivity index (χ4v) is 2.15. The molecule has 1 N–H and O–H groups in total. The van der Waals surface area contributed by atoms with Gasteiger partial charge in [-0.3, -0.25) is 0 Å². The second-order valence-electron chi connectivity index (χ2n) is 5.10. The van der Waals surface area contributed by atoms with Crippen LogP contribution in [0.2, 0.25) is 0 Å². The van der Waals surface area contributed by atoms with Crippen LogP contribution in [0.25, 0.3) is 0 Å². The third-order valence-electron chi connectivity index (χ3n) is 3.35. The van der Waals surface area contributed by atoms with Gasteiger partial charge in [0.25, 0.3) is 0 Å². The van der Waals surface area contributed by atoms with E-state index in [-0.39, 0.29) is 5.92 Å². The van der Waals surface area contributed by atoms with Crippen LogP contribution in [0.3, 0.4) is 0 Å². The van der Waals surface area contributed by atoms with Crippen LogP contribution in [-0.2, 0) is 6.54 Å². The standard InChI is InChI=1S/C15H16N4O/c1-10(2)14-15(18-20)11(3)19(17-14)9-13-6-4-12(8-16)5-7-13/h4-7,10H,9H2,1-3H3/p+1. The molecule has 0 saturated heterocycles. The van der Waals surface area contributed by atoms with Gasteiger partial charge in [0.2, 0.25) is 11.4 Å². The molecule has 2 rings (SSSR count). The number of nitrogens with zero attached hydrogens (tertiary/aromatic N) is 3. The normalized spacial score (nSPS) is 10.6. The fraction of sp³-hybridized carbons (Fsp3) is 0.333. The summed E-state index contributed by atoms with van der Waals surface area (Å²) in [6.45, 7) is 6.54. The van der Waals surface area contributed by atoms with E-state index in [1.165, 1.54) is 0 Å². The maximum absolute atomic E-state index is 11.0. The van der Waals surface area contributed by atoms with Crippen molar-refractivity contribution in [2.24, 2.45) is 5.18 Å². The molecule has 102 valence electrons. The highest BCUT2D eigenvalue weighted by Gasteiger charge is 2.24. The minimum absolute atomic E-state index is 0.212. The molecule has 1 aromatic carbocycles. The first-order valence-corrected chi connectivity index (χ1v) is 6.51. The number of aromatic nitrogens is 2. The van der Waals surface area contributed by atoms with Crippen LogP contribution in [-0.4, -0.2) is 5.10 Å². The molecule has 0 fully saturated rings. The molecule has 0 aliphatic carbocycles. The molecule has 1 heterocycles. The largest absolute Gasteiger partial charge is 0.234 e. The van der Waals surface area contributed by atoms with Gasteiger partial charge >= 0.3 is 0 Å². The van der Waals surface area contributed by atoms with E-state index in [1.54, 1.807) is 12.1 Å². The summed E-state index contributed by atoms with van der Waals surface area (Å²) in [7, 11) is 0. The Bertz CT molecular complexity index is 662. The molecule has 0 unspecified atom stereocenters. The van der Waals surface area contributed by atoms with Crippen molar-refractivity contribution in [1.82, 2.24) is 5.10 Å². The Hall–Kier alpha value is -2.48. The van der Waals surface area contributed by atoms with Gasteiger partial charge in [-0.15, -0.1) is 9.59 Å². The van der Waals surface area contributed by atoms with Crippen molar-refractivity contribution in [3.05, 3.63) is 51.7 Å². The van der Waals surface area contributed by atoms with Crippen LogP contribution in [0.15, 0.2) is 29.4 Å². The average molecular weight is 269 g/mol. The van der Waals surface area contributed by atoms with E-state index >= 15 is 0 Å². The van der Waals surface area contributed by atoms with Crippen molar-refractivity contribution in [2.75, 3.05) is 0 Å². The van der Waals surface area contributed by atoms with E-state index in [1.807, 2.05) is 37.6 Å². The highest BCUT2D eigenvalue weighted by molar-refractivity contribution is 5.45. The topological polar surface area (TPSA) is 72.9 Å². The number of rotatable bonds is 4. The van der Waals surface area contributed by atoms with Gasteiger partial charge in [0.1, 0.15) is 5.69 Å². The number of nitriles is 1. The summed E-state index contributed by atoms with van der Waals surface area (Å²) in [5, 5.41) is 15.2. The summed E-state index contributed by atoms with van der Waals surface area (Å²) >= 11 is 0. The molecule has 1 aromatic heterocycles. The first-order chi connectivity index (χ1) is 9.56. The second-order valence-corrected chi connectivity index (χ2v) is 5.10. The lowest BCUT2D eigenvalue weighted by molar-refractivity contribution is -0.747. The van der Waals surface area contributed by atoms with Crippen molar-refractivity contribution in [3.8, 4) is 6.07 Å². The lowest BCUT2D eigenvalue weighted by atomic mass is 10.1. The molecule has 0 saturated carbocycles. The fourth-order valence-electron chi connectivity index (χ4n) is 2.15. The van der Waals surface area contributed by atoms with Crippen LogP contribution < -0.4 is 4.68 Å². The van der Waals surface area contributed by atoms with Crippen LogP contribution in [0.5, 0.6) is 0 Å². The quantitative estimate of drug-likeness (QED) is 0.684. The summed E-state index contributed by atoms with van der Waals surface area (Å²) in [4.78, 5) is 11.0. The van der Waals surface area contributed by atoms with E-state index < -0.39 is 0 Å². The Kier molecular flexibility index (Phi) is 3.94. The summed E-state index contributed by atoms with van der Waals surface area (Å²) in [6, 6.07) is 9.50. The Balaban J connectivity index is 2.33. The number of nitroso groups, excluding NO2 is 1. The van der Waals surface area contributed by atoms with Crippen LogP contribution in [0.1, 0.15) is 42.3 Å². The minimum atomic E-state index is 0.212. The molecule has 5 heteroatoms. The Morgan fingerprint density at radius 3 is 2.45 bits per heavy atom. The third-order valence-corrected chi connectivity index (χ3v) is 3.35. The van der Waals surface area contributed by atoms with E-state index in [0.29, 0.717) is 17.8 Å². The van der Waals surface area contributed by atoms with Gasteiger partial charge < -0.3 is 0 Å². The molecule has 0 aliphatic heterocycles. The Morgan fingerprint density at radius 1 is 1.35 bits per heavy atom.